The van der Waals surface area contributed by atoms with E-state index in [4.69, 9.17) is 4.74 Å². The Morgan fingerprint density at radius 1 is 1.17 bits per heavy atom. The Balaban J connectivity index is 0.00000226. The summed E-state index contributed by atoms with van der Waals surface area (Å²) in [6, 6.07) is 5.39. The summed E-state index contributed by atoms with van der Waals surface area (Å²) in [6.45, 7) is 17.9. The van der Waals surface area contributed by atoms with Gasteiger partial charge in [-0.05, 0) is 31.5 Å². The lowest BCUT2D eigenvalue weighted by Crippen LogP contribution is -2.48. The maximum Gasteiger partial charge on any atom is 0.243 e. The van der Waals surface area contributed by atoms with E-state index >= 15 is 0 Å². The number of aliphatic hydroxyl groups is 1. The van der Waals surface area contributed by atoms with Crippen molar-refractivity contribution in [1.82, 2.24) is 25.0 Å². The SMILES string of the molecule is CC.Cc1ncsc1-c1ccc(CNC(=O)C2CC(O)CN2C(=O)C(C)C(C)C)c(OCCN2CCN(C)CC2)c1. The van der Waals surface area contributed by atoms with Crippen LogP contribution in [-0.4, -0.2) is 102 Å². The number of rotatable bonds is 10. The van der Waals surface area contributed by atoms with Gasteiger partial charge in [0, 0.05) is 63.7 Å². The molecule has 0 spiro atoms. The zero-order valence-electron chi connectivity index (χ0n) is 25.9. The Bertz CT molecular complexity index is 1130. The maximum absolute atomic E-state index is 13.3. The fourth-order valence-corrected chi connectivity index (χ4v) is 5.87. The van der Waals surface area contributed by atoms with Crippen LogP contribution in [-0.2, 0) is 16.1 Å². The van der Waals surface area contributed by atoms with Crippen LogP contribution in [0.15, 0.2) is 23.7 Å². The number of thiazole rings is 1. The number of carbonyl (C=O) groups is 2. The van der Waals surface area contributed by atoms with Gasteiger partial charge in [0.25, 0.3) is 0 Å². The van der Waals surface area contributed by atoms with Crippen molar-refractivity contribution in [2.75, 3.05) is 52.9 Å². The quantitative estimate of drug-likeness (QED) is 0.438. The van der Waals surface area contributed by atoms with Crippen LogP contribution in [0, 0.1) is 18.8 Å². The molecule has 1 aromatic carbocycles. The van der Waals surface area contributed by atoms with Gasteiger partial charge >= 0.3 is 0 Å². The highest BCUT2D eigenvalue weighted by molar-refractivity contribution is 7.13. The molecule has 3 heterocycles. The third-order valence-corrected chi connectivity index (χ3v) is 9.02. The number of aliphatic hydroxyl groups excluding tert-OH is 1. The van der Waals surface area contributed by atoms with Crippen molar-refractivity contribution in [2.24, 2.45) is 11.8 Å². The minimum absolute atomic E-state index is 0.0843. The van der Waals surface area contributed by atoms with E-state index < -0.39 is 12.1 Å². The number of likely N-dealkylation sites (tertiary alicyclic amines) is 1. The van der Waals surface area contributed by atoms with Crippen LogP contribution in [0.3, 0.4) is 0 Å². The van der Waals surface area contributed by atoms with Gasteiger partial charge in [-0.15, -0.1) is 11.3 Å². The normalized spacial score (nSPS) is 20.5. The standard InChI is InChI=1S/C29H43N5O4S.C2H6/c1-19(2)20(3)29(37)34-17-24(35)15-25(34)28(36)30-16-23-7-6-22(27-21(4)31-18-39-27)14-26(23)38-13-12-33-10-8-32(5)9-11-33;1-2/h6-7,14,18-20,24-25,35H,8-13,15-17H2,1-5H3,(H,30,36);1-2H3. The minimum atomic E-state index is -0.695. The van der Waals surface area contributed by atoms with Crippen LogP contribution in [0.5, 0.6) is 5.75 Å². The number of β-amino-alcohol motifs (C(OH)–C–C–N with tert-alkyl or cyclic N) is 1. The van der Waals surface area contributed by atoms with Gasteiger partial charge in [0.1, 0.15) is 18.4 Å². The highest BCUT2D eigenvalue weighted by atomic mass is 32.1. The van der Waals surface area contributed by atoms with E-state index in [2.05, 4.69) is 27.1 Å². The third kappa shape index (κ3) is 8.73. The predicted octanol–water partition coefficient (Wildman–Crippen LogP) is 3.64. The first-order valence-electron chi connectivity index (χ1n) is 15.0. The molecule has 0 bridgehead atoms. The van der Waals surface area contributed by atoms with Gasteiger partial charge < -0.3 is 25.0 Å². The summed E-state index contributed by atoms with van der Waals surface area (Å²) in [5, 5.41) is 13.3. The highest BCUT2D eigenvalue weighted by Crippen LogP contribution is 2.32. The van der Waals surface area contributed by atoms with E-state index in [9.17, 15) is 14.7 Å². The number of hydrogen-bond donors (Lipinski definition) is 2. The molecule has 3 unspecified atom stereocenters. The van der Waals surface area contributed by atoms with Crippen LogP contribution < -0.4 is 10.1 Å². The first kappa shape index (κ1) is 33.0. The second kappa shape index (κ2) is 15.6. The molecule has 2 saturated heterocycles. The van der Waals surface area contributed by atoms with Gasteiger partial charge in [0.05, 0.1) is 22.2 Å². The van der Waals surface area contributed by atoms with Gasteiger partial charge in [-0.3, -0.25) is 14.5 Å². The van der Waals surface area contributed by atoms with Crippen molar-refractivity contribution >= 4 is 23.2 Å². The number of ether oxygens (including phenoxy) is 1. The van der Waals surface area contributed by atoms with Gasteiger partial charge in [-0.1, -0.05) is 46.8 Å². The molecule has 0 radical (unpaired) electrons. The average molecular weight is 588 g/mol. The zero-order chi connectivity index (χ0) is 30.1. The molecule has 2 fully saturated rings. The number of aryl methyl sites for hydroxylation is 1. The molecule has 2 amide bonds. The molecule has 2 aliphatic rings. The Labute approximate surface area is 249 Å². The van der Waals surface area contributed by atoms with Gasteiger partial charge in [0.15, 0.2) is 0 Å². The molecule has 0 aliphatic carbocycles. The molecule has 41 heavy (non-hydrogen) atoms. The molecule has 4 rings (SSSR count). The van der Waals surface area contributed by atoms with Gasteiger partial charge in [-0.25, -0.2) is 4.98 Å². The summed E-state index contributed by atoms with van der Waals surface area (Å²) in [4.78, 5) is 38.1. The summed E-state index contributed by atoms with van der Waals surface area (Å²) in [5.41, 5.74) is 4.73. The summed E-state index contributed by atoms with van der Waals surface area (Å²) in [5.74, 6) is 0.349. The van der Waals surface area contributed by atoms with Crippen molar-refractivity contribution in [3.8, 4) is 16.2 Å². The van der Waals surface area contributed by atoms with Gasteiger partial charge in [0.2, 0.25) is 11.8 Å². The minimum Gasteiger partial charge on any atom is -0.492 e. The Kier molecular flexibility index (Phi) is 12.6. The van der Waals surface area contributed by atoms with E-state index in [1.807, 2.05) is 65.3 Å². The second-order valence-electron chi connectivity index (χ2n) is 11.2. The molecule has 9 nitrogen and oxygen atoms in total. The number of carbonyl (C=O) groups excluding carboxylic acids is 2. The lowest BCUT2D eigenvalue weighted by molar-refractivity contribution is -0.142. The van der Waals surface area contributed by atoms with Crippen molar-refractivity contribution in [1.29, 1.82) is 0 Å². The van der Waals surface area contributed by atoms with Crippen molar-refractivity contribution < 1.29 is 19.4 Å². The van der Waals surface area contributed by atoms with Crippen LogP contribution in [0.1, 0.15) is 52.3 Å². The number of nitrogens with zero attached hydrogens (tertiary/aromatic N) is 4. The number of likely N-dealkylation sites (N-methyl/N-ethyl adjacent to an activating group) is 1. The van der Waals surface area contributed by atoms with Crippen LogP contribution in [0.25, 0.3) is 10.4 Å². The smallest absolute Gasteiger partial charge is 0.243 e. The Hall–Kier alpha value is -2.53. The van der Waals surface area contributed by atoms with E-state index in [1.165, 1.54) is 0 Å². The number of piperazine rings is 1. The number of nitrogens with one attached hydrogen (secondary N) is 1. The van der Waals surface area contributed by atoms with Gasteiger partial charge in [-0.2, -0.15) is 0 Å². The number of hydrogen-bond acceptors (Lipinski definition) is 8. The first-order chi connectivity index (χ1) is 19.6. The zero-order valence-corrected chi connectivity index (χ0v) is 26.7. The van der Waals surface area contributed by atoms with Crippen molar-refractivity contribution in [3.05, 3.63) is 35.0 Å². The first-order valence-corrected chi connectivity index (χ1v) is 15.8. The van der Waals surface area contributed by atoms with E-state index in [0.717, 1.165) is 60.2 Å². The molecule has 3 atom stereocenters. The van der Waals surface area contributed by atoms with Crippen LogP contribution >= 0.6 is 11.3 Å². The summed E-state index contributed by atoms with van der Waals surface area (Å²) >= 11 is 1.60. The van der Waals surface area contributed by atoms with Crippen molar-refractivity contribution in [2.45, 2.75) is 66.7 Å². The summed E-state index contributed by atoms with van der Waals surface area (Å²) in [7, 11) is 2.15. The van der Waals surface area contributed by atoms with E-state index in [1.54, 1.807) is 16.2 Å². The summed E-state index contributed by atoms with van der Waals surface area (Å²) < 4.78 is 6.31. The molecule has 1 aromatic heterocycles. The predicted molar refractivity (Wildman–Crippen MR) is 165 cm³/mol. The molecule has 2 aromatic rings. The number of aromatic nitrogens is 1. The van der Waals surface area contributed by atoms with Crippen LogP contribution in [0.4, 0.5) is 0 Å². The fourth-order valence-electron chi connectivity index (χ4n) is 5.06. The van der Waals surface area contributed by atoms with E-state index in [0.29, 0.717) is 6.61 Å². The average Bonchev–Trinajstić information content (AvgIpc) is 3.58. The monoisotopic (exact) mass is 587 g/mol. The highest BCUT2D eigenvalue weighted by Gasteiger charge is 2.40. The van der Waals surface area contributed by atoms with E-state index in [-0.39, 0.29) is 43.2 Å². The molecule has 2 aliphatic heterocycles. The number of amides is 2. The lowest BCUT2D eigenvalue weighted by Gasteiger charge is -2.32. The molecule has 2 N–H and O–H groups in total. The largest absolute Gasteiger partial charge is 0.492 e. The molecular formula is C31H49N5O4S. The molecule has 10 heteroatoms. The Morgan fingerprint density at radius 3 is 2.51 bits per heavy atom. The topological polar surface area (TPSA) is 98.2 Å². The fraction of sp³-hybridized carbons (Fsp3) is 0.645. The molecule has 228 valence electrons. The summed E-state index contributed by atoms with van der Waals surface area (Å²) in [6.07, 6.45) is -0.445. The van der Waals surface area contributed by atoms with Crippen molar-refractivity contribution in [3.63, 3.8) is 0 Å². The molecular weight excluding hydrogens is 538 g/mol. The lowest BCUT2D eigenvalue weighted by atomic mass is 9.96. The maximum atomic E-state index is 13.3. The van der Waals surface area contributed by atoms with Crippen LogP contribution in [0.2, 0.25) is 0 Å². The molecule has 0 saturated carbocycles. The Morgan fingerprint density at radius 2 is 1.88 bits per heavy atom. The second-order valence-corrected chi connectivity index (χ2v) is 12.1. The third-order valence-electron chi connectivity index (χ3n) is 8.04. The number of benzene rings is 1.